The Morgan fingerprint density at radius 1 is 1.25 bits per heavy atom. The van der Waals surface area contributed by atoms with Gasteiger partial charge in [0.2, 0.25) is 0 Å². The SMILES string of the molecule is OCCOCCN1CCOC2CCCCC21. The van der Waals surface area contributed by atoms with Crippen LogP contribution >= 0.6 is 0 Å². The quantitative estimate of drug-likeness (QED) is 0.702. The van der Waals surface area contributed by atoms with Crippen molar-refractivity contribution in [1.29, 1.82) is 0 Å². The molecule has 2 unspecified atom stereocenters. The first-order chi connectivity index (χ1) is 7.92. The Bertz CT molecular complexity index is 199. The summed E-state index contributed by atoms with van der Waals surface area (Å²) >= 11 is 0. The number of fused-ring (bicyclic) bond motifs is 1. The van der Waals surface area contributed by atoms with Crippen LogP contribution in [0, 0.1) is 0 Å². The lowest BCUT2D eigenvalue weighted by molar-refractivity contribution is -0.0937. The third-order valence-electron chi connectivity index (χ3n) is 3.61. The van der Waals surface area contributed by atoms with Crippen LogP contribution in [0.4, 0.5) is 0 Å². The Balaban J connectivity index is 1.74. The molecule has 1 aliphatic carbocycles. The molecule has 94 valence electrons. The monoisotopic (exact) mass is 229 g/mol. The predicted molar refractivity (Wildman–Crippen MR) is 61.5 cm³/mol. The Hall–Kier alpha value is -0.160. The van der Waals surface area contributed by atoms with Crippen LogP contribution < -0.4 is 0 Å². The van der Waals surface area contributed by atoms with Crippen LogP contribution in [0.25, 0.3) is 0 Å². The van der Waals surface area contributed by atoms with E-state index in [9.17, 15) is 0 Å². The number of aliphatic hydroxyl groups excluding tert-OH is 1. The van der Waals surface area contributed by atoms with Gasteiger partial charge in [-0.05, 0) is 12.8 Å². The van der Waals surface area contributed by atoms with Gasteiger partial charge < -0.3 is 14.6 Å². The molecule has 0 amide bonds. The maximum absolute atomic E-state index is 8.63. The van der Waals surface area contributed by atoms with Gasteiger partial charge in [-0.2, -0.15) is 0 Å². The Morgan fingerprint density at radius 3 is 3.00 bits per heavy atom. The van der Waals surface area contributed by atoms with Gasteiger partial charge in [0.25, 0.3) is 0 Å². The summed E-state index contributed by atoms with van der Waals surface area (Å²) in [5, 5.41) is 8.63. The van der Waals surface area contributed by atoms with E-state index < -0.39 is 0 Å². The van der Waals surface area contributed by atoms with Crippen LogP contribution in [0.3, 0.4) is 0 Å². The molecule has 4 nitrogen and oxygen atoms in total. The van der Waals surface area contributed by atoms with E-state index in [-0.39, 0.29) is 6.61 Å². The van der Waals surface area contributed by atoms with E-state index >= 15 is 0 Å². The number of hydrogen-bond donors (Lipinski definition) is 1. The minimum Gasteiger partial charge on any atom is -0.394 e. The van der Waals surface area contributed by atoms with Crippen molar-refractivity contribution in [2.24, 2.45) is 0 Å². The molecule has 1 saturated carbocycles. The lowest BCUT2D eigenvalue weighted by atomic mass is 9.90. The summed E-state index contributed by atoms with van der Waals surface area (Å²) in [4.78, 5) is 2.50. The van der Waals surface area contributed by atoms with Gasteiger partial charge in [-0.1, -0.05) is 12.8 Å². The maximum atomic E-state index is 8.63. The standard InChI is InChI=1S/C12H23NO3/c14-7-10-15-8-5-13-6-9-16-12-4-2-1-3-11(12)13/h11-12,14H,1-10H2. The first-order valence-electron chi connectivity index (χ1n) is 6.46. The number of morpholine rings is 1. The molecule has 16 heavy (non-hydrogen) atoms. The molecule has 1 heterocycles. The summed E-state index contributed by atoms with van der Waals surface area (Å²) in [6, 6.07) is 0.611. The maximum Gasteiger partial charge on any atom is 0.0730 e. The van der Waals surface area contributed by atoms with Crippen molar-refractivity contribution in [2.75, 3.05) is 39.5 Å². The minimum atomic E-state index is 0.120. The molecule has 0 spiro atoms. The summed E-state index contributed by atoms with van der Waals surface area (Å²) in [5.74, 6) is 0. The van der Waals surface area contributed by atoms with Gasteiger partial charge in [0.15, 0.2) is 0 Å². The second kappa shape index (κ2) is 6.55. The van der Waals surface area contributed by atoms with Crippen molar-refractivity contribution >= 4 is 0 Å². The normalized spacial score (nSPS) is 31.3. The molecule has 4 heteroatoms. The number of rotatable bonds is 5. The topological polar surface area (TPSA) is 41.9 Å². The Labute approximate surface area is 97.5 Å². The van der Waals surface area contributed by atoms with Crippen LogP contribution in [0.5, 0.6) is 0 Å². The van der Waals surface area contributed by atoms with Crippen LogP contribution in [0.1, 0.15) is 25.7 Å². The lowest BCUT2D eigenvalue weighted by Gasteiger charge is -2.43. The van der Waals surface area contributed by atoms with Crippen molar-refractivity contribution in [1.82, 2.24) is 4.90 Å². The highest BCUT2D eigenvalue weighted by Crippen LogP contribution is 2.27. The van der Waals surface area contributed by atoms with Crippen molar-refractivity contribution in [3.8, 4) is 0 Å². The molecule has 0 aromatic carbocycles. The van der Waals surface area contributed by atoms with E-state index in [1.807, 2.05) is 0 Å². The average Bonchev–Trinajstić information content (AvgIpc) is 2.35. The number of nitrogens with zero attached hydrogens (tertiary/aromatic N) is 1. The molecule has 1 N–H and O–H groups in total. The summed E-state index contributed by atoms with van der Waals surface area (Å²) < 4.78 is 11.1. The molecule has 2 fully saturated rings. The van der Waals surface area contributed by atoms with Gasteiger partial charge in [0.1, 0.15) is 0 Å². The molecule has 1 aliphatic heterocycles. The van der Waals surface area contributed by atoms with Crippen molar-refractivity contribution in [3.63, 3.8) is 0 Å². The fourth-order valence-corrected chi connectivity index (χ4v) is 2.80. The molecule has 2 aliphatic rings. The lowest BCUT2D eigenvalue weighted by Crippen LogP contribution is -2.53. The first kappa shape index (κ1) is 12.3. The zero-order chi connectivity index (χ0) is 11.2. The van der Waals surface area contributed by atoms with Crippen molar-refractivity contribution in [3.05, 3.63) is 0 Å². The third kappa shape index (κ3) is 3.17. The van der Waals surface area contributed by atoms with E-state index in [4.69, 9.17) is 14.6 Å². The molecule has 0 bridgehead atoms. The summed E-state index contributed by atoms with van der Waals surface area (Å²) in [6.07, 6.45) is 5.60. The van der Waals surface area contributed by atoms with Gasteiger partial charge in [0, 0.05) is 19.1 Å². The highest BCUT2D eigenvalue weighted by Gasteiger charge is 2.33. The van der Waals surface area contributed by atoms with E-state index in [1.165, 1.54) is 25.7 Å². The van der Waals surface area contributed by atoms with Crippen molar-refractivity contribution < 1.29 is 14.6 Å². The summed E-state index contributed by atoms with van der Waals surface area (Å²) in [6.45, 7) is 4.17. The predicted octanol–water partition coefficient (Wildman–Crippen LogP) is 0.639. The van der Waals surface area contributed by atoms with Gasteiger partial charge in [-0.3, -0.25) is 4.90 Å². The van der Waals surface area contributed by atoms with E-state index in [0.717, 1.165) is 26.3 Å². The Morgan fingerprint density at radius 2 is 2.12 bits per heavy atom. The molecule has 0 aromatic rings. The Kier molecular flexibility index (Phi) is 5.03. The molecule has 1 saturated heterocycles. The molecular weight excluding hydrogens is 206 g/mol. The number of ether oxygens (including phenoxy) is 2. The van der Waals surface area contributed by atoms with Crippen molar-refractivity contribution in [2.45, 2.75) is 37.8 Å². The fourth-order valence-electron chi connectivity index (χ4n) is 2.80. The summed E-state index contributed by atoms with van der Waals surface area (Å²) in [5.41, 5.74) is 0. The van der Waals surface area contributed by atoms with E-state index in [1.54, 1.807) is 0 Å². The zero-order valence-electron chi connectivity index (χ0n) is 9.94. The van der Waals surface area contributed by atoms with Gasteiger partial charge in [-0.25, -0.2) is 0 Å². The summed E-state index contributed by atoms with van der Waals surface area (Å²) in [7, 11) is 0. The van der Waals surface area contributed by atoms with Gasteiger partial charge in [-0.15, -0.1) is 0 Å². The number of hydrogen-bond acceptors (Lipinski definition) is 4. The van der Waals surface area contributed by atoms with Crippen LogP contribution in [0.2, 0.25) is 0 Å². The first-order valence-corrected chi connectivity index (χ1v) is 6.46. The minimum absolute atomic E-state index is 0.120. The second-order valence-corrected chi connectivity index (χ2v) is 4.63. The van der Waals surface area contributed by atoms with E-state index in [2.05, 4.69) is 4.90 Å². The molecule has 0 radical (unpaired) electrons. The second-order valence-electron chi connectivity index (χ2n) is 4.63. The van der Waals surface area contributed by atoms with Crippen LogP contribution in [-0.4, -0.2) is 61.7 Å². The molecular formula is C12H23NO3. The van der Waals surface area contributed by atoms with Gasteiger partial charge >= 0.3 is 0 Å². The van der Waals surface area contributed by atoms with Crippen LogP contribution in [0.15, 0.2) is 0 Å². The molecule has 0 aromatic heterocycles. The van der Waals surface area contributed by atoms with Gasteiger partial charge in [0.05, 0.1) is 32.5 Å². The third-order valence-corrected chi connectivity index (χ3v) is 3.61. The zero-order valence-corrected chi connectivity index (χ0v) is 9.94. The average molecular weight is 229 g/mol. The largest absolute Gasteiger partial charge is 0.394 e. The highest BCUT2D eigenvalue weighted by molar-refractivity contribution is 4.87. The fraction of sp³-hybridized carbons (Fsp3) is 1.00. The molecule has 2 atom stereocenters. The van der Waals surface area contributed by atoms with Crippen LogP contribution in [-0.2, 0) is 9.47 Å². The molecule has 2 rings (SSSR count). The smallest absolute Gasteiger partial charge is 0.0730 e. The highest BCUT2D eigenvalue weighted by atomic mass is 16.5. The van der Waals surface area contributed by atoms with E-state index in [0.29, 0.717) is 18.8 Å². The number of aliphatic hydroxyl groups is 1.